The highest BCUT2D eigenvalue weighted by atomic mass is 16.3. The zero-order valence-electron chi connectivity index (χ0n) is 12.2. The Hall–Kier alpha value is -1.06. The Bertz CT molecular complexity index is 423. The van der Waals surface area contributed by atoms with E-state index in [1.54, 1.807) is 0 Å². The fourth-order valence-corrected chi connectivity index (χ4v) is 3.85. The van der Waals surface area contributed by atoms with Gasteiger partial charge in [-0.25, -0.2) is 0 Å². The Morgan fingerprint density at radius 3 is 2.25 bits per heavy atom. The summed E-state index contributed by atoms with van der Waals surface area (Å²) in [5.74, 6) is 0.660. The Morgan fingerprint density at radius 1 is 0.950 bits per heavy atom. The summed E-state index contributed by atoms with van der Waals surface area (Å²) in [6.45, 7) is 2.24. The Balaban J connectivity index is 1.57. The molecule has 1 aliphatic heterocycles. The second kappa shape index (κ2) is 6.15. The molecule has 1 saturated heterocycles. The van der Waals surface area contributed by atoms with Crippen molar-refractivity contribution >= 4 is 5.69 Å². The fraction of sp³-hybridized carbons (Fsp3) is 0.647. The second-order valence-corrected chi connectivity index (χ2v) is 6.40. The first kappa shape index (κ1) is 13.9. The van der Waals surface area contributed by atoms with Gasteiger partial charge in [0.25, 0.3) is 0 Å². The SMILES string of the molecule is Nc1ccc(C2CCN([C@H]3CCCC[C@@H]3O)CC2)cc1. The molecule has 20 heavy (non-hydrogen) atoms. The first-order valence-electron chi connectivity index (χ1n) is 8.01. The van der Waals surface area contributed by atoms with Gasteiger partial charge in [-0.2, -0.15) is 0 Å². The number of aliphatic hydroxyl groups excluding tert-OH is 1. The van der Waals surface area contributed by atoms with E-state index in [9.17, 15) is 5.11 Å². The van der Waals surface area contributed by atoms with Gasteiger partial charge in [0.2, 0.25) is 0 Å². The van der Waals surface area contributed by atoms with Gasteiger partial charge in [0.1, 0.15) is 0 Å². The van der Waals surface area contributed by atoms with E-state index in [1.165, 1.54) is 37.7 Å². The van der Waals surface area contributed by atoms with Crippen molar-refractivity contribution in [2.24, 2.45) is 0 Å². The number of nitrogens with zero attached hydrogens (tertiary/aromatic N) is 1. The summed E-state index contributed by atoms with van der Waals surface area (Å²) in [5, 5.41) is 10.2. The van der Waals surface area contributed by atoms with Crippen LogP contribution in [0.5, 0.6) is 0 Å². The summed E-state index contributed by atoms with van der Waals surface area (Å²) in [5.41, 5.74) is 8.02. The Morgan fingerprint density at radius 2 is 1.60 bits per heavy atom. The molecule has 3 rings (SSSR count). The molecule has 2 atom stereocenters. The van der Waals surface area contributed by atoms with Crippen LogP contribution >= 0.6 is 0 Å². The summed E-state index contributed by atoms with van der Waals surface area (Å²) >= 11 is 0. The van der Waals surface area contributed by atoms with E-state index in [2.05, 4.69) is 17.0 Å². The average Bonchev–Trinajstić information content (AvgIpc) is 2.49. The number of anilines is 1. The predicted octanol–water partition coefficient (Wildman–Crippen LogP) is 2.75. The number of benzene rings is 1. The van der Waals surface area contributed by atoms with Crippen molar-refractivity contribution in [1.29, 1.82) is 0 Å². The normalized spacial score (nSPS) is 29.4. The van der Waals surface area contributed by atoms with Gasteiger partial charge >= 0.3 is 0 Å². The van der Waals surface area contributed by atoms with Crippen LogP contribution in [0.25, 0.3) is 0 Å². The van der Waals surface area contributed by atoms with Crippen LogP contribution in [0.2, 0.25) is 0 Å². The minimum Gasteiger partial charge on any atom is -0.399 e. The van der Waals surface area contributed by atoms with Gasteiger partial charge in [-0.1, -0.05) is 25.0 Å². The molecule has 0 amide bonds. The zero-order valence-corrected chi connectivity index (χ0v) is 12.2. The van der Waals surface area contributed by atoms with Gasteiger partial charge in [-0.3, -0.25) is 4.90 Å². The minimum absolute atomic E-state index is 0.100. The molecule has 3 heteroatoms. The van der Waals surface area contributed by atoms with Crippen LogP contribution in [-0.4, -0.2) is 35.2 Å². The summed E-state index contributed by atoms with van der Waals surface area (Å²) in [6.07, 6.45) is 6.94. The number of hydrogen-bond donors (Lipinski definition) is 2. The van der Waals surface area contributed by atoms with E-state index < -0.39 is 0 Å². The number of piperidine rings is 1. The molecule has 110 valence electrons. The van der Waals surface area contributed by atoms with Gasteiger partial charge in [-0.15, -0.1) is 0 Å². The van der Waals surface area contributed by atoms with Crippen molar-refractivity contribution in [3.05, 3.63) is 29.8 Å². The van der Waals surface area contributed by atoms with E-state index in [0.717, 1.165) is 25.2 Å². The van der Waals surface area contributed by atoms with Crippen LogP contribution < -0.4 is 5.73 Å². The lowest BCUT2D eigenvalue weighted by Gasteiger charge is -2.41. The number of nitrogen functional groups attached to an aromatic ring is 1. The molecule has 2 aliphatic rings. The predicted molar refractivity (Wildman–Crippen MR) is 82.7 cm³/mol. The highest BCUT2D eigenvalue weighted by molar-refractivity contribution is 5.40. The fourth-order valence-electron chi connectivity index (χ4n) is 3.85. The molecule has 0 radical (unpaired) electrons. The van der Waals surface area contributed by atoms with Crippen LogP contribution in [0.1, 0.15) is 50.0 Å². The molecule has 1 aromatic rings. The summed E-state index contributed by atoms with van der Waals surface area (Å²) in [4.78, 5) is 2.53. The molecular formula is C17H26N2O. The van der Waals surface area contributed by atoms with E-state index in [1.807, 2.05) is 12.1 Å². The van der Waals surface area contributed by atoms with Crippen LogP contribution in [-0.2, 0) is 0 Å². The Kier molecular flexibility index (Phi) is 4.27. The van der Waals surface area contributed by atoms with Crippen LogP contribution in [0.3, 0.4) is 0 Å². The van der Waals surface area contributed by atoms with Crippen molar-refractivity contribution in [1.82, 2.24) is 4.90 Å². The quantitative estimate of drug-likeness (QED) is 0.815. The van der Waals surface area contributed by atoms with Crippen molar-refractivity contribution in [3.8, 4) is 0 Å². The first-order chi connectivity index (χ1) is 9.74. The maximum Gasteiger partial charge on any atom is 0.0695 e. The number of hydrogen-bond acceptors (Lipinski definition) is 3. The molecule has 3 nitrogen and oxygen atoms in total. The maximum absolute atomic E-state index is 10.2. The van der Waals surface area contributed by atoms with Crippen molar-refractivity contribution in [2.75, 3.05) is 18.8 Å². The lowest BCUT2D eigenvalue weighted by molar-refractivity contribution is 0.00871. The van der Waals surface area contributed by atoms with Crippen LogP contribution in [0, 0.1) is 0 Å². The monoisotopic (exact) mass is 274 g/mol. The second-order valence-electron chi connectivity index (χ2n) is 6.40. The molecule has 0 aromatic heterocycles. The van der Waals surface area contributed by atoms with Crippen LogP contribution in [0.4, 0.5) is 5.69 Å². The molecule has 3 N–H and O–H groups in total. The average molecular weight is 274 g/mol. The molecule has 1 aromatic carbocycles. The maximum atomic E-state index is 10.2. The first-order valence-corrected chi connectivity index (χ1v) is 8.01. The third-order valence-corrected chi connectivity index (χ3v) is 5.10. The van der Waals surface area contributed by atoms with Gasteiger partial charge < -0.3 is 10.8 Å². The van der Waals surface area contributed by atoms with Gasteiger partial charge in [0.05, 0.1) is 6.10 Å². The number of likely N-dealkylation sites (tertiary alicyclic amines) is 1. The van der Waals surface area contributed by atoms with Gasteiger partial charge in [0, 0.05) is 11.7 Å². The molecule has 2 fully saturated rings. The summed E-state index contributed by atoms with van der Waals surface area (Å²) in [7, 11) is 0. The minimum atomic E-state index is -0.100. The number of nitrogens with two attached hydrogens (primary N) is 1. The topological polar surface area (TPSA) is 49.5 Å². The van der Waals surface area contributed by atoms with Crippen molar-refractivity contribution in [2.45, 2.75) is 56.6 Å². The van der Waals surface area contributed by atoms with E-state index in [0.29, 0.717) is 12.0 Å². The Labute approximate surface area is 121 Å². The third kappa shape index (κ3) is 2.99. The molecular weight excluding hydrogens is 248 g/mol. The van der Waals surface area contributed by atoms with Gasteiger partial charge in [-0.05, 0) is 62.4 Å². The number of aliphatic hydroxyl groups is 1. The summed E-state index contributed by atoms with van der Waals surface area (Å²) < 4.78 is 0. The lowest BCUT2D eigenvalue weighted by atomic mass is 9.86. The number of rotatable bonds is 2. The molecule has 1 heterocycles. The van der Waals surface area contributed by atoms with Crippen LogP contribution in [0.15, 0.2) is 24.3 Å². The smallest absolute Gasteiger partial charge is 0.0695 e. The van der Waals surface area contributed by atoms with Crippen molar-refractivity contribution in [3.63, 3.8) is 0 Å². The molecule has 1 aliphatic carbocycles. The van der Waals surface area contributed by atoms with E-state index in [-0.39, 0.29) is 6.10 Å². The highest BCUT2D eigenvalue weighted by Crippen LogP contribution is 2.32. The van der Waals surface area contributed by atoms with E-state index in [4.69, 9.17) is 5.73 Å². The lowest BCUT2D eigenvalue weighted by Crippen LogP contribution is -2.48. The summed E-state index contributed by atoms with van der Waals surface area (Å²) in [6, 6.07) is 8.77. The molecule has 0 bridgehead atoms. The van der Waals surface area contributed by atoms with Gasteiger partial charge in [0.15, 0.2) is 0 Å². The molecule has 0 unspecified atom stereocenters. The van der Waals surface area contributed by atoms with E-state index >= 15 is 0 Å². The van der Waals surface area contributed by atoms with Crippen molar-refractivity contribution < 1.29 is 5.11 Å². The largest absolute Gasteiger partial charge is 0.399 e. The molecule has 1 saturated carbocycles. The molecule has 0 spiro atoms. The third-order valence-electron chi connectivity index (χ3n) is 5.10. The standard InChI is InChI=1S/C17H26N2O/c18-15-7-5-13(6-8-15)14-9-11-19(12-10-14)16-3-1-2-4-17(16)20/h5-8,14,16-17,20H,1-4,9-12,18H2/t16-,17-/m0/s1. The highest BCUT2D eigenvalue weighted by Gasteiger charge is 2.31. The zero-order chi connectivity index (χ0) is 13.9.